The predicted octanol–water partition coefficient (Wildman–Crippen LogP) is 2.03. The zero-order valence-electron chi connectivity index (χ0n) is 13.6. The van der Waals surface area contributed by atoms with E-state index in [1.807, 2.05) is 19.1 Å². The van der Waals surface area contributed by atoms with Crippen LogP contribution in [0.3, 0.4) is 0 Å². The lowest BCUT2D eigenvalue weighted by Crippen LogP contribution is -2.39. The van der Waals surface area contributed by atoms with Gasteiger partial charge in [0.2, 0.25) is 0 Å². The largest absolute Gasteiger partial charge is 0.496 e. The summed E-state index contributed by atoms with van der Waals surface area (Å²) in [7, 11) is 1.57. The van der Waals surface area contributed by atoms with Gasteiger partial charge in [-0.15, -0.1) is 0 Å². The van der Waals surface area contributed by atoms with Gasteiger partial charge in [0.15, 0.2) is 5.41 Å². The smallest absolute Gasteiger partial charge is 0.293 e. The van der Waals surface area contributed by atoms with E-state index in [-0.39, 0.29) is 11.9 Å². The molecule has 1 aliphatic carbocycles. The molecule has 4 rings (SSSR count). The number of nitrogens with two attached hydrogens (primary N) is 1. The van der Waals surface area contributed by atoms with Crippen molar-refractivity contribution in [2.24, 2.45) is 21.6 Å². The molecule has 0 bridgehead atoms. The molecule has 0 amide bonds. The number of halogens is 1. The SMILES string of the molecule is COc1ccc([C@H]2[C@@]3(C#N)[C@@]4(N=C(N)[C@@]23C#N)OC[C@H](C)O4)cc1Br. The quantitative estimate of drug-likeness (QED) is 0.809. The molecule has 128 valence electrons. The normalized spacial score (nSPS) is 40.9. The second-order valence-corrected chi connectivity index (χ2v) is 7.34. The second-order valence-electron chi connectivity index (χ2n) is 6.48. The molecule has 1 aromatic rings. The van der Waals surface area contributed by atoms with Crippen molar-refractivity contribution in [1.82, 2.24) is 0 Å². The van der Waals surface area contributed by atoms with Crippen LogP contribution in [0.1, 0.15) is 18.4 Å². The topological polar surface area (TPSA) is 114 Å². The molecule has 2 fully saturated rings. The molecule has 1 spiro atoms. The first-order valence-corrected chi connectivity index (χ1v) is 8.55. The zero-order valence-corrected chi connectivity index (χ0v) is 15.2. The van der Waals surface area contributed by atoms with Crippen LogP contribution >= 0.6 is 15.9 Å². The summed E-state index contributed by atoms with van der Waals surface area (Å²) in [6.07, 6.45) is -0.236. The Labute approximate surface area is 153 Å². The summed E-state index contributed by atoms with van der Waals surface area (Å²) < 4.78 is 17.6. The molecule has 7 nitrogen and oxygen atoms in total. The van der Waals surface area contributed by atoms with Crippen LogP contribution in [0.25, 0.3) is 0 Å². The molecule has 0 aromatic heterocycles. The van der Waals surface area contributed by atoms with Crippen LogP contribution in [0, 0.1) is 33.5 Å². The maximum Gasteiger partial charge on any atom is 0.293 e. The van der Waals surface area contributed by atoms with Crippen LogP contribution in [0.2, 0.25) is 0 Å². The van der Waals surface area contributed by atoms with Gasteiger partial charge in [-0.2, -0.15) is 10.5 Å². The Morgan fingerprint density at radius 1 is 1.40 bits per heavy atom. The third-order valence-electron chi connectivity index (χ3n) is 5.31. The first kappa shape index (κ1) is 16.3. The fourth-order valence-corrected chi connectivity index (χ4v) is 4.78. The number of aliphatic imine (C=N–C) groups is 1. The maximum atomic E-state index is 10.1. The summed E-state index contributed by atoms with van der Waals surface area (Å²) in [5.74, 6) is -1.29. The number of fused-ring (bicyclic) bond motifs is 2. The summed E-state index contributed by atoms with van der Waals surface area (Å²) in [6, 6.07) is 9.94. The highest BCUT2D eigenvalue weighted by Crippen LogP contribution is 2.82. The Bertz CT molecular complexity index is 891. The number of rotatable bonds is 2. The third-order valence-corrected chi connectivity index (χ3v) is 5.93. The van der Waals surface area contributed by atoms with E-state index in [2.05, 4.69) is 33.1 Å². The van der Waals surface area contributed by atoms with Gasteiger partial charge in [-0.25, -0.2) is 4.99 Å². The lowest BCUT2D eigenvalue weighted by atomic mass is 9.94. The number of benzene rings is 1. The minimum absolute atomic E-state index is 0.0857. The summed E-state index contributed by atoms with van der Waals surface area (Å²) >= 11 is 3.45. The third kappa shape index (κ3) is 1.63. The Morgan fingerprint density at radius 3 is 2.68 bits per heavy atom. The van der Waals surface area contributed by atoms with E-state index in [1.54, 1.807) is 13.2 Å². The Balaban J connectivity index is 1.89. The highest BCUT2D eigenvalue weighted by Gasteiger charge is 2.94. The molecule has 3 aliphatic rings. The lowest BCUT2D eigenvalue weighted by Gasteiger charge is -2.26. The number of hydrogen-bond donors (Lipinski definition) is 1. The molecule has 0 radical (unpaired) electrons. The number of methoxy groups -OCH3 is 1. The molecule has 5 atom stereocenters. The van der Waals surface area contributed by atoms with Crippen molar-refractivity contribution in [1.29, 1.82) is 10.5 Å². The summed E-state index contributed by atoms with van der Waals surface area (Å²) in [5.41, 5.74) is 4.33. The molecule has 1 aromatic carbocycles. The van der Waals surface area contributed by atoms with Gasteiger partial charge in [0.05, 0.1) is 36.4 Å². The number of amidine groups is 1. The van der Waals surface area contributed by atoms with Gasteiger partial charge in [-0.1, -0.05) is 6.07 Å². The van der Waals surface area contributed by atoms with Gasteiger partial charge < -0.3 is 19.9 Å². The van der Waals surface area contributed by atoms with E-state index in [4.69, 9.17) is 19.9 Å². The Morgan fingerprint density at radius 2 is 2.16 bits per heavy atom. The van der Waals surface area contributed by atoms with Crippen molar-refractivity contribution in [2.45, 2.75) is 24.9 Å². The van der Waals surface area contributed by atoms with Crippen molar-refractivity contribution in [3.63, 3.8) is 0 Å². The van der Waals surface area contributed by atoms with E-state index in [1.165, 1.54) is 0 Å². The molecular formula is C17H15BrN4O3. The van der Waals surface area contributed by atoms with Gasteiger partial charge in [0.1, 0.15) is 17.0 Å². The highest BCUT2D eigenvalue weighted by atomic mass is 79.9. The number of nitrogens with zero attached hydrogens (tertiary/aromatic N) is 3. The standard InChI is InChI=1S/C17H15BrN4O3/c1-9-6-24-17(25-9)16(8-20)13(15(16,7-19)14(21)22-17)10-3-4-12(23-2)11(18)5-10/h3-5,9,13H,6H2,1-2H3,(H2,21,22)/t9-,13+,15+,16+,17+/m0/s1. The predicted molar refractivity (Wildman–Crippen MR) is 90.4 cm³/mol. The Kier molecular flexibility index (Phi) is 3.24. The van der Waals surface area contributed by atoms with E-state index < -0.39 is 22.7 Å². The lowest BCUT2D eigenvalue weighted by molar-refractivity contribution is -0.193. The molecule has 1 saturated heterocycles. The van der Waals surface area contributed by atoms with Gasteiger partial charge in [0, 0.05) is 5.92 Å². The summed E-state index contributed by atoms with van der Waals surface area (Å²) in [6.45, 7) is 2.13. The number of hydrogen-bond acceptors (Lipinski definition) is 7. The Hall–Kier alpha value is -2.13. The first-order chi connectivity index (χ1) is 11.9. The maximum absolute atomic E-state index is 10.1. The van der Waals surface area contributed by atoms with Gasteiger partial charge in [-0.05, 0) is 40.5 Å². The molecule has 2 heterocycles. The molecule has 0 unspecified atom stereocenters. The minimum atomic E-state index is -1.53. The van der Waals surface area contributed by atoms with Crippen molar-refractivity contribution in [2.75, 3.05) is 13.7 Å². The van der Waals surface area contributed by atoms with Crippen LogP contribution in [0.5, 0.6) is 5.75 Å². The fourth-order valence-electron chi connectivity index (χ4n) is 4.22. The van der Waals surface area contributed by atoms with Crippen molar-refractivity contribution in [3.8, 4) is 17.9 Å². The molecular weight excluding hydrogens is 388 g/mol. The van der Waals surface area contributed by atoms with Crippen LogP contribution in [0.15, 0.2) is 27.7 Å². The average Bonchev–Trinajstić information content (AvgIpc) is 2.99. The highest BCUT2D eigenvalue weighted by molar-refractivity contribution is 9.10. The molecule has 2 N–H and O–H groups in total. The molecule has 2 aliphatic heterocycles. The monoisotopic (exact) mass is 402 g/mol. The minimum Gasteiger partial charge on any atom is -0.496 e. The summed E-state index contributed by atoms with van der Waals surface area (Å²) in [4.78, 5) is 4.29. The van der Waals surface area contributed by atoms with Gasteiger partial charge in [-0.3, -0.25) is 0 Å². The van der Waals surface area contributed by atoms with Crippen molar-refractivity contribution >= 4 is 21.8 Å². The van der Waals surface area contributed by atoms with Gasteiger partial charge >= 0.3 is 0 Å². The van der Waals surface area contributed by atoms with Crippen LogP contribution in [-0.2, 0) is 9.47 Å². The van der Waals surface area contributed by atoms with E-state index in [9.17, 15) is 10.5 Å². The van der Waals surface area contributed by atoms with Gasteiger partial charge in [0.25, 0.3) is 5.91 Å². The van der Waals surface area contributed by atoms with Crippen LogP contribution in [-0.4, -0.2) is 31.6 Å². The molecule has 1 saturated carbocycles. The zero-order chi connectivity index (χ0) is 18.0. The van der Waals surface area contributed by atoms with E-state index in [0.717, 1.165) is 10.0 Å². The second kappa shape index (κ2) is 4.95. The first-order valence-electron chi connectivity index (χ1n) is 7.76. The van der Waals surface area contributed by atoms with E-state index >= 15 is 0 Å². The molecule has 8 heteroatoms. The molecule has 25 heavy (non-hydrogen) atoms. The van der Waals surface area contributed by atoms with E-state index in [0.29, 0.717) is 12.4 Å². The van der Waals surface area contributed by atoms with Crippen molar-refractivity contribution < 1.29 is 14.2 Å². The fraction of sp³-hybridized carbons (Fsp3) is 0.471. The van der Waals surface area contributed by atoms with Crippen LogP contribution in [0.4, 0.5) is 0 Å². The average molecular weight is 403 g/mol. The van der Waals surface area contributed by atoms with Crippen LogP contribution < -0.4 is 10.5 Å². The number of ether oxygens (including phenoxy) is 3. The summed E-state index contributed by atoms with van der Waals surface area (Å²) in [5, 5.41) is 20.0. The van der Waals surface area contributed by atoms with Crippen molar-refractivity contribution in [3.05, 3.63) is 28.2 Å². The number of nitriles is 2.